The molecule has 2 aromatic rings. The van der Waals surface area contributed by atoms with Crippen molar-refractivity contribution in [2.75, 3.05) is 31.6 Å². The number of anilines is 1. The van der Waals surface area contributed by atoms with Crippen molar-refractivity contribution in [2.45, 2.75) is 32.2 Å². The van der Waals surface area contributed by atoms with Gasteiger partial charge in [0.25, 0.3) is 0 Å². The predicted octanol–water partition coefficient (Wildman–Crippen LogP) is 2.52. The molecule has 0 radical (unpaired) electrons. The molecule has 1 saturated heterocycles. The number of carbonyl (C=O) groups is 1. The number of nitrogens with one attached hydrogen (secondary N) is 2. The lowest BCUT2D eigenvalue weighted by Crippen LogP contribution is -2.34. The molecule has 0 saturated carbocycles. The number of ether oxygens (including phenoxy) is 2. The largest absolute Gasteiger partial charge is 0.486 e. The third kappa shape index (κ3) is 3.53. The molecule has 1 aromatic carbocycles. The monoisotopic (exact) mass is 356 g/mol. The van der Waals surface area contributed by atoms with Crippen molar-refractivity contribution in [3.63, 3.8) is 0 Å². The number of piperidine rings is 1. The van der Waals surface area contributed by atoms with E-state index < -0.39 is 0 Å². The molecule has 7 heteroatoms. The normalized spacial score (nSPS) is 20.0. The number of nitrogens with zero attached hydrogens (tertiary/aromatic N) is 2. The Bertz CT molecular complexity index is 789. The number of para-hydroxylation sites is 1. The average molecular weight is 356 g/mol. The fourth-order valence-corrected chi connectivity index (χ4v) is 3.83. The molecule has 26 heavy (non-hydrogen) atoms. The number of likely N-dealkylation sites (tertiary alicyclic amines) is 1. The van der Waals surface area contributed by atoms with Crippen LogP contribution in [0.2, 0.25) is 0 Å². The van der Waals surface area contributed by atoms with Crippen molar-refractivity contribution in [2.24, 2.45) is 0 Å². The van der Waals surface area contributed by atoms with E-state index in [4.69, 9.17) is 9.47 Å². The van der Waals surface area contributed by atoms with Crippen LogP contribution < -0.4 is 14.8 Å². The van der Waals surface area contributed by atoms with Gasteiger partial charge in [-0.25, -0.2) is 0 Å². The van der Waals surface area contributed by atoms with Crippen molar-refractivity contribution < 1.29 is 14.3 Å². The first-order valence-electron chi connectivity index (χ1n) is 9.11. The zero-order valence-corrected chi connectivity index (χ0v) is 15.0. The molecule has 1 fully saturated rings. The van der Waals surface area contributed by atoms with Crippen LogP contribution in [-0.2, 0) is 11.3 Å². The summed E-state index contributed by atoms with van der Waals surface area (Å²) in [5.41, 5.74) is 2.97. The standard InChI is InChI=1S/C19H24N4O3/c1-13(24)21-16-10-20-22-18(16)14-5-3-7-23(11-14)12-15-4-2-6-17-19(15)26-9-8-25-17/h2,4,6,10,14H,3,5,7-9,11-12H2,1H3,(H,20,22)(H,21,24)/t14-/m1/s1. The van der Waals surface area contributed by atoms with Gasteiger partial charge in [0.05, 0.1) is 17.6 Å². The van der Waals surface area contributed by atoms with Crippen LogP contribution in [0.15, 0.2) is 24.4 Å². The molecule has 3 heterocycles. The molecule has 2 aliphatic heterocycles. The number of hydrogen-bond donors (Lipinski definition) is 2. The van der Waals surface area contributed by atoms with Gasteiger partial charge in [0, 0.05) is 31.5 Å². The second-order valence-electron chi connectivity index (χ2n) is 6.89. The average Bonchev–Trinajstić information content (AvgIpc) is 3.10. The summed E-state index contributed by atoms with van der Waals surface area (Å²) in [5, 5.41) is 10.1. The molecule has 7 nitrogen and oxygen atoms in total. The number of rotatable bonds is 4. The fraction of sp³-hybridized carbons (Fsp3) is 0.474. The first kappa shape index (κ1) is 16.9. The van der Waals surface area contributed by atoms with E-state index in [0.29, 0.717) is 19.1 Å². The van der Waals surface area contributed by atoms with Crippen molar-refractivity contribution in [3.05, 3.63) is 35.7 Å². The molecule has 138 valence electrons. The molecule has 4 rings (SSSR count). The van der Waals surface area contributed by atoms with E-state index in [9.17, 15) is 4.79 Å². The highest BCUT2D eigenvalue weighted by atomic mass is 16.6. The molecule has 1 aromatic heterocycles. The lowest BCUT2D eigenvalue weighted by Gasteiger charge is -2.33. The van der Waals surface area contributed by atoms with Crippen LogP contribution in [0.5, 0.6) is 11.5 Å². The van der Waals surface area contributed by atoms with Crippen molar-refractivity contribution in [3.8, 4) is 11.5 Å². The Morgan fingerprint density at radius 1 is 1.38 bits per heavy atom. The van der Waals surface area contributed by atoms with Crippen LogP contribution in [0.1, 0.15) is 36.9 Å². The Kier molecular flexibility index (Phi) is 4.79. The SMILES string of the molecule is CC(=O)Nc1cn[nH]c1[C@@H]1CCCN(Cc2cccc3c2OCCO3)C1. The first-order chi connectivity index (χ1) is 12.7. The van der Waals surface area contributed by atoms with Crippen LogP contribution in [0.25, 0.3) is 0 Å². The van der Waals surface area contributed by atoms with Gasteiger partial charge in [-0.15, -0.1) is 0 Å². The van der Waals surface area contributed by atoms with Gasteiger partial charge in [0.1, 0.15) is 13.2 Å². The quantitative estimate of drug-likeness (QED) is 0.880. The molecule has 2 N–H and O–H groups in total. The van der Waals surface area contributed by atoms with E-state index in [2.05, 4.69) is 26.5 Å². The molecule has 0 unspecified atom stereocenters. The zero-order chi connectivity index (χ0) is 17.9. The third-order valence-corrected chi connectivity index (χ3v) is 4.93. The maximum Gasteiger partial charge on any atom is 0.221 e. The van der Waals surface area contributed by atoms with E-state index in [0.717, 1.165) is 60.9 Å². The minimum absolute atomic E-state index is 0.0756. The number of aromatic amines is 1. The molecule has 0 bridgehead atoms. The van der Waals surface area contributed by atoms with E-state index >= 15 is 0 Å². The Morgan fingerprint density at radius 3 is 3.15 bits per heavy atom. The Hall–Kier alpha value is -2.54. The Morgan fingerprint density at radius 2 is 2.27 bits per heavy atom. The number of hydrogen-bond acceptors (Lipinski definition) is 5. The summed E-state index contributed by atoms with van der Waals surface area (Å²) in [6.07, 6.45) is 3.88. The predicted molar refractivity (Wildman–Crippen MR) is 97.6 cm³/mol. The van der Waals surface area contributed by atoms with Gasteiger partial charge < -0.3 is 14.8 Å². The topological polar surface area (TPSA) is 79.5 Å². The van der Waals surface area contributed by atoms with E-state index in [1.807, 2.05) is 12.1 Å². The van der Waals surface area contributed by atoms with Crippen LogP contribution in [0.3, 0.4) is 0 Å². The maximum absolute atomic E-state index is 11.4. The molecular formula is C19H24N4O3. The van der Waals surface area contributed by atoms with E-state index in [1.165, 1.54) is 6.92 Å². The van der Waals surface area contributed by atoms with Gasteiger partial charge >= 0.3 is 0 Å². The van der Waals surface area contributed by atoms with E-state index in [-0.39, 0.29) is 5.91 Å². The van der Waals surface area contributed by atoms with Gasteiger partial charge in [0.15, 0.2) is 11.5 Å². The van der Waals surface area contributed by atoms with Crippen molar-refractivity contribution >= 4 is 11.6 Å². The van der Waals surface area contributed by atoms with Gasteiger partial charge in [-0.1, -0.05) is 12.1 Å². The van der Waals surface area contributed by atoms with Crippen molar-refractivity contribution in [1.82, 2.24) is 15.1 Å². The summed E-state index contributed by atoms with van der Waals surface area (Å²) in [6, 6.07) is 6.09. The highest BCUT2D eigenvalue weighted by Crippen LogP contribution is 2.36. The maximum atomic E-state index is 11.4. The highest BCUT2D eigenvalue weighted by Gasteiger charge is 2.26. The van der Waals surface area contributed by atoms with Crippen molar-refractivity contribution in [1.29, 1.82) is 0 Å². The second-order valence-corrected chi connectivity index (χ2v) is 6.89. The number of aromatic nitrogens is 2. The summed E-state index contributed by atoms with van der Waals surface area (Å²) in [7, 11) is 0. The number of benzene rings is 1. The van der Waals surface area contributed by atoms with Gasteiger partial charge in [-0.05, 0) is 25.5 Å². The number of amides is 1. The van der Waals surface area contributed by atoms with Gasteiger partial charge in [-0.3, -0.25) is 14.8 Å². The molecule has 0 aliphatic carbocycles. The fourth-order valence-electron chi connectivity index (χ4n) is 3.83. The highest BCUT2D eigenvalue weighted by molar-refractivity contribution is 5.89. The third-order valence-electron chi connectivity index (χ3n) is 4.93. The smallest absolute Gasteiger partial charge is 0.221 e. The summed E-state index contributed by atoms with van der Waals surface area (Å²) in [6.45, 7) is 5.51. The number of fused-ring (bicyclic) bond motifs is 1. The minimum Gasteiger partial charge on any atom is -0.486 e. The van der Waals surface area contributed by atoms with Crippen LogP contribution in [0, 0.1) is 0 Å². The molecule has 0 spiro atoms. The minimum atomic E-state index is -0.0756. The zero-order valence-electron chi connectivity index (χ0n) is 15.0. The van der Waals surface area contributed by atoms with Gasteiger partial charge in [-0.2, -0.15) is 5.10 Å². The van der Waals surface area contributed by atoms with Crippen LogP contribution >= 0.6 is 0 Å². The summed E-state index contributed by atoms with van der Waals surface area (Å²) in [4.78, 5) is 13.8. The van der Waals surface area contributed by atoms with E-state index in [1.54, 1.807) is 6.20 Å². The lowest BCUT2D eigenvalue weighted by molar-refractivity contribution is -0.114. The summed E-state index contributed by atoms with van der Waals surface area (Å²) in [5.74, 6) is 1.96. The number of H-pyrrole nitrogens is 1. The lowest BCUT2D eigenvalue weighted by atomic mass is 9.93. The summed E-state index contributed by atoms with van der Waals surface area (Å²) >= 11 is 0. The Labute approximate surface area is 152 Å². The molecule has 1 amide bonds. The van der Waals surface area contributed by atoms with Crippen LogP contribution in [0.4, 0.5) is 5.69 Å². The number of carbonyl (C=O) groups excluding carboxylic acids is 1. The second kappa shape index (κ2) is 7.37. The Balaban J connectivity index is 1.48. The molecule has 1 atom stereocenters. The molecule has 2 aliphatic rings. The summed E-state index contributed by atoms with van der Waals surface area (Å²) < 4.78 is 11.5. The van der Waals surface area contributed by atoms with Gasteiger partial charge in [0.2, 0.25) is 5.91 Å². The first-order valence-corrected chi connectivity index (χ1v) is 9.11. The molecular weight excluding hydrogens is 332 g/mol. The van der Waals surface area contributed by atoms with Crippen LogP contribution in [-0.4, -0.2) is 47.3 Å².